The molecule has 1 aliphatic heterocycles. The van der Waals surface area contributed by atoms with Crippen molar-refractivity contribution in [3.05, 3.63) is 35.4 Å². The Labute approximate surface area is 141 Å². The van der Waals surface area contributed by atoms with Gasteiger partial charge in [0.15, 0.2) is 0 Å². The van der Waals surface area contributed by atoms with Crippen LogP contribution in [-0.2, 0) is 9.68 Å². The first-order valence-electron chi connectivity index (χ1n) is 8.44. The van der Waals surface area contributed by atoms with Crippen molar-refractivity contribution in [2.24, 2.45) is 0 Å². The molecule has 2 amide bonds. The van der Waals surface area contributed by atoms with Crippen LogP contribution in [0.1, 0.15) is 72.1 Å². The van der Waals surface area contributed by atoms with Crippen LogP contribution in [0.5, 0.6) is 0 Å². The van der Waals surface area contributed by atoms with Crippen molar-refractivity contribution < 1.29 is 24.5 Å². The maximum atomic E-state index is 12.2. The van der Waals surface area contributed by atoms with E-state index in [1.807, 2.05) is 0 Å². The molecule has 0 aliphatic carbocycles. The van der Waals surface area contributed by atoms with Crippen LogP contribution in [0.15, 0.2) is 24.3 Å². The fourth-order valence-corrected chi connectivity index (χ4v) is 2.91. The van der Waals surface area contributed by atoms with Crippen LogP contribution >= 0.6 is 0 Å². The third-order valence-electron chi connectivity index (χ3n) is 4.24. The molecule has 0 saturated carbocycles. The van der Waals surface area contributed by atoms with Crippen LogP contribution in [0.3, 0.4) is 0 Å². The molecule has 1 aromatic rings. The molecule has 1 N–H and O–H groups in total. The Balaban J connectivity index is 1.57. The number of benzene rings is 1. The average Bonchev–Trinajstić information content (AvgIpc) is 2.85. The molecule has 6 heteroatoms. The van der Waals surface area contributed by atoms with Crippen molar-refractivity contribution >= 4 is 17.8 Å². The van der Waals surface area contributed by atoms with Gasteiger partial charge in [-0.2, -0.15) is 5.26 Å². The number of amides is 2. The fraction of sp³-hybridized carbons (Fsp3) is 0.500. The van der Waals surface area contributed by atoms with Gasteiger partial charge in [-0.25, -0.2) is 4.79 Å². The molecule has 6 nitrogen and oxygen atoms in total. The highest BCUT2D eigenvalue weighted by atomic mass is 17.1. The summed E-state index contributed by atoms with van der Waals surface area (Å²) in [5.41, 5.74) is 1.01. The van der Waals surface area contributed by atoms with Gasteiger partial charge >= 0.3 is 5.97 Å². The molecule has 130 valence electrons. The Kier molecular flexibility index (Phi) is 6.93. The molecule has 0 fully saturated rings. The summed E-state index contributed by atoms with van der Waals surface area (Å²) in [6.45, 7) is 0.467. The molecule has 1 aliphatic rings. The largest absolute Gasteiger partial charge is 0.342 e. The number of rotatable bonds is 10. The van der Waals surface area contributed by atoms with Crippen molar-refractivity contribution in [3.63, 3.8) is 0 Å². The molecule has 0 bridgehead atoms. The maximum Gasteiger partial charge on any atom is 0.342 e. The first-order chi connectivity index (χ1) is 11.6. The van der Waals surface area contributed by atoms with E-state index in [-0.39, 0.29) is 18.2 Å². The second-order valence-corrected chi connectivity index (χ2v) is 6.00. The first-order valence-corrected chi connectivity index (χ1v) is 8.44. The molecule has 0 spiro atoms. The summed E-state index contributed by atoms with van der Waals surface area (Å²) in [7, 11) is 0. The predicted molar refractivity (Wildman–Crippen MR) is 87.5 cm³/mol. The molecule has 1 aromatic carbocycles. The summed E-state index contributed by atoms with van der Waals surface area (Å²) in [5, 5.41) is 8.12. The highest BCUT2D eigenvalue weighted by molar-refractivity contribution is 6.21. The lowest BCUT2D eigenvalue weighted by Gasteiger charge is -2.13. The van der Waals surface area contributed by atoms with E-state index in [9.17, 15) is 14.4 Å². The van der Waals surface area contributed by atoms with Crippen LogP contribution in [0.25, 0.3) is 0 Å². The van der Waals surface area contributed by atoms with Crippen molar-refractivity contribution in [1.29, 1.82) is 0 Å². The van der Waals surface area contributed by atoms with Gasteiger partial charge < -0.3 is 4.89 Å². The van der Waals surface area contributed by atoms with E-state index in [1.54, 1.807) is 24.3 Å². The summed E-state index contributed by atoms with van der Waals surface area (Å²) in [4.78, 5) is 40.0. The lowest BCUT2D eigenvalue weighted by atomic mass is 10.1. The van der Waals surface area contributed by atoms with E-state index in [0.29, 0.717) is 24.1 Å². The Morgan fingerprint density at radius 2 is 1.38 bits per heavy atom. The second kappa shape index (κ2) is 9.17. The number of carbonyl (C=O) groups is 3. The SMILES string of the molecule is O=C(CCCCCCCCCN1C(=O)c2ccccc2C1=O)OO. The van der Waals surface area contributed by atoms with Crippen LogP contribution in [0.2, 0.25) is 0 Å². The van der Waals surface area contributed by atoms with E-state index in [4.69, 9.17) is 5.26 Å². The average molecular weight is 333 g/mol. The first kappa shape index (κ1) is 18.1. The van der Waals surface area contributed by atoms with Gasteiger partial charge in [0.25, 0.3) is 11.8 Å². The highest BCUT2D eigenvalue weighted by Crippen LogP contribution is 2.22. The Morgan fingerprint density at radius 3 is 1.92 bits per heavy atom. The molecule has 24 heavy (non-hydrogen) atoms. The summed E-state index contributed by atoms with van der Waals surface area (Å²) in [5.74, 6) is -0.964. The molecular formula is C18H23NO5. The number of imide groups is 1. The zero-order valence-electron chi connectivity index (χ0n) is 13.7. The number of nitrogens with zero attached hydrogens (tertiary/aromatic N) is 1. The third-order valence-corrected chi connectivity index (χ3v) is 4.24. The van der Waals surface area contributed by atoms with Gasteiger partial charge in [-0.05, 0) is 25.0 Å². The maximum absolute atomic E-state index is 12.2. The van der Waals surface area contributed by atoms with E-state index < -0.39 is 5.97 Å². The second-order valence-electron chi connectivity index (χ2n) is 6.00. The van der Waals surface area contributed by atoms with Gasteiger partial charge in [-0.3, -0.25) is 14.5 Å². The van der Waals surface area contributed by atoms with E-state index in [0.717, 1.165) is 38.5 Å². The smallest absolute Gasteiger partial charge is 0.301 e. The Hall–Kier alpha value is -2.21. The van der Waals surface area contributed by atoms with Crippen LogP contribution in [0.4, 0.5) is 0 Å². The third kappa shape index (κ3) is 4.64. The van der Waals surface area contributed by atoms with Gasteiger partial charge in [0.1, 0.15) is 0 Å². The number of carbonyl (C=O) groups excluding carboxylic acids is 3. The fourth-order valence-electron chi connectivity index (χ4n) is 2.91. The molecule has 2 rings (SSSR count). The topological polar surface area (TPSA) is 83.9 Å². The van der Waals surface area contributed by atoms with Crippen LogP contribution in [-0.4, -0.2) is 34.5 Å². The molecule has 0 atom stereocenters. The summed E-state index contributed by atoms with van der Waals surface area (Å²) < 4.78 is 0. The predicted octanol–water partition coefficient (Wildman–Crippen LogP) is 3.42. The van der Waals surface area contributed by atoms with Gasteiger partial charge in [-0.15, -0.1) is 0 Å². The minimum atomic E-state index is -0.587. The van der Waals surface area contributed by atoms with Crippen molar-refractivity contribution in [2.75, 3.05) is 6.54 Å². The van der Waals surface area contributed by atoms with Gasteiger partial charge in [0, 0.05) is 13.0 Å². The lowest BCUT2D eigenvalue weighted by molar-refractivity contribution is -0.234. The standard InChI is InChI=1S/C18H23NO5/c20-16(24-23)12-6-4-2-1-3-5-9-13-19-17(21)14-10-7-8-11-15(14)18(19)22/h7-8,10-11,23H,1-6,9,12-13H2. The zero-order chi connectivity index (χ0) is 17.4. The number of hydrogen-bond donors (Lipinski definition) is 1. The van der Waals surface area contributed by atoms with Crippen molar-refractivity contribution in [3.8, 4) is 0 Å². The monoisotopic (exact) mass is 333 g/mol. The minimum Gasteiger partial charge on any atom is -0.301 e. The molecule has 0 aromatic heterocycles. The molecule has 0 saturated heterocycles. The lowest BCUT2D eigenvalue weighted by Crippen LogP contribution is -2.30. The molecule has 0 unspecified atom stereocenters. The quantitative estimate of drug-likeness (QED) is 0.307. The van der Waals surface area contributed by atoms with E-state index in [2.05, 4.69) is 4.89 Å². The summed E-state index contributed by atoms with van der Waals surface area (Å²) in [6.07, 6.45) is 6.77. The van der Waals surface area contributed by atoms with E-state index in [1.165, 1.54) is 4.90 Å². The number of fused-ring (bicyclic) bond motifs is 1. The van der Waals surface area contributed by atoms with Crippen molar-refractivity contribution in [1.82, 2.24) is 4.90 Å². The Morgan fingerprint density at radius 1 is 0.875 bits per heavy atom. The molecule has 0 radical (unpaired) electrons. The molecule has 1 heterocycles. The van der Waals surface area contributed by atoms with Gasteiger partial charge in [-0.1, -0.05) is 44.2 Å². The van der Waals surface area contributed by atoms with Crippen LogP contribution < -0.4 is 0 Å². The van der Waals surface area contributed by atoms with E-state index >= 15 is 0 Å². The molecular weight excluding hydrogens is 310 g/mol. The normalized spacial score (nSPS) is 13.3. The van der Waals surface area contributed by atoms with Gasteiger partial charge in [0.05, 0.1) is 11.1 Å². The number of hydrogen-bond acceptors (Lipinski definition) is 5. The van der Waals surface area contributed by atoms with Gasteiger partial charge in [0.2, 0.25) is 0 Å². The zero-order valence-corrected chi connectivity index (χ0v) is 13.7. The van der Waals surface area contributed by atoms with Crippen molar-refractivity contribution in [2.45, 2.75) is 51.4 Å². The number of unbranched alkanes of at least 4 members (excludes halogenated alkanes) is 6. The van der Waals surface area contributed by atoms with Crippen LogP contribution in [0, 0.1) is 0 Å². The minimum absolute atomic E-state index is 0.189. The summed E-state index contributed by atoms with van der Waals surface area (Å²) >= 11 is 0. The Bertz CT molecular complexity index is 564. The summed E-state index contributed by atoms with van der Waals surface area (Å²) in [6, 6.07) is 6.94. The highest BCUT2D eigenvalue weighted by Gasteiger charge is 2.34.